The van der Waals surface area contributed by atoms with Gasteiger partial charge in [0.1, 0.15) is 11.9 Å². The molecule has 8 heteroatoms. The van der Waals surface area contributed by atoms with Crippen LogP contribution in [0.4, 0.5) is 4.79 Å². The highest BCUT2D eigenvalue weighted by Crippen LogP contribution is 2.32. The Morgan fingerprint density at radius 1 is 1.48 bits per heavy atom. The lowest BCUT2D eigenvalue weighted by molar-refractivity contribution is -0.121. The van der Waals surface area contributed by atoms with E-state index in [1.54, 1.807) is 6.92 Å². The van der Waals surface area contributed by atoms with Crippen LogP contribution in [0, 0.1) is 0 Å². The summed E-state index contributed by atoms with van der Waals surface area (Å²) in [7, 11) is 0. The van der Waals surface area contributed by atoms with Crippen molar-refractivity contribution in [1.29, 1.82) is 0 Å². The van der Waals surface area contributed by atoms with Gasteiger partial charge in [-0.1, -0.05) is 23.9 Å². The number of hydrogen-bond acceptors (Lipinski definition) is 6. The normalized spacial score (nSPS) is 12.0. The van der Waals surface area contributed by atoms with Crippen molar-refractivity contribution in [2.45, 2.75) is 16.5 Å². The second-order valence-electron chi connectivity index (χ2n) is 4.03. The van der Waals surface area contributed by atoms with Crippen LogP contribution < -0.4 is 5.32 Å². The summed E-state index contributed by atoms with van der Waals surface area (Å²) in [6.45, 7) is 2.07. The summed E-state index contributed by atoms with van der Waals surface area (Å²) in [6.07, 6.45) is -1.39. The average Bonchev–Trinajstić information content (AvgIpc) is 2.85. The predicted octanol–water partition coefficient (Wildman–Crippen LogP) is 2.59. The minimum absolute atomic E-state index is 0.207. The number of aromatic nitrogens is 1. The number of hydrogen-bond donors (Lipinski definition) is 2. The van der Waals surface area contributed by atoms with Gasteiger partial charge < -0.3 is 15.2 Å². The molecular weight excluding hydrogens is 312 g/mol. The number of ether oxygens (including phenoxy) is 1. The highest BCUT2D eigenvalue weighted by atomic mass is 32.2. The van der Waals surface area contributed by atoms with E-state index in [1.165, 1.54) is 23.1 Å². The molecule has 1 aromatic carbocycles. The van der Waals surface area contributed by atoms with Gasteiger partial charge >= 0.3 is 6.16 Å². The monoisotopic (exact) mass is 326 g/mol. The summed E-state index contributed by atoms with van der Waals surface area (Å²) in [5.41, 5.74) is 0.860. The largest absolute Gasteiger partial charge is 0.505 e. The summed E-state index contributed by atoms with van der Waals surface area (Å²) in [5.74, 6) is -0.261. The molecule has 0 saturated carbocycles. The zero-order chi connectivity index (χ0) is 15.2. The van der Waals surface area contributed by atoms with Crippen LogP contribution in [0.15, 0.2) is 28.6 Å². The number of carboxylic acid groups (broad SMARTS) is 1. The third-order valence-electron chi connectivity index (χ3n) is 2.52. The number of para-hydroxylation sites is 1. The molecule has 0 saturated heterocycles. The van der Waals surface area contributed by atoms with Crippen LogP contribution in [0.2, 0.25) is 0 Å². The van der Waals surface area contributed by atoms with E-state index in [0.717, 1.165) is 10.2 Å². The third-order valence-corrected chi connectivity index (χ3v) is 4.82. The second kappa shape index (κ2) is 7.28. The van der Waals surface area contributed by atoms with E-state index in [0.29, 0.717) is 10.9 Å². The Kier molecular flexibility index (Phi) is 5.40. The maximum Gasteiger partial charge on any atom is 0.505 e. The van der Waals surface area contributed by atoms with E-state index < -0.39 is 11.4 Å². The van der Waals surface area contributed by atoms with Gasteiger partial charge in [0.05, 0.1) is 10.2 Å². The summed E-state index contributed by atoms with van der Waals surface area (Å²) < 4.78 is 6.26. The zero-order valence-corrected chi connectivity index (χ0v) is 12.9. The van der Waals surface area contributed by atoms with Crippen molar-refractivity contribution in [1.82, 2.24) is 10.3 Å². The molecule has 0 spiro atoms. The van der Waals surface area contributed by atoms with Crippen LogP contribution in [0.5, 0.6) is 0 Å². The molecule has 1 heterocycles. The Morgan fingerprint density at radius 2 is 2.24 bits per heavy atom. The summed E-state index contributed by atoms with van der Waals surface area (Å²) in [5, 5.41) is 10.6. The second-order valence-corrected chi connectivity index (χ2v) is 6.51. The molecule has 112 valence electrons. The van der Waals surface area contributed by atoms with Gasteiger partial charge in [-0.15, -0.1) is 11.3 Å². The topological polar surface area (TPSA) is 88.5 Å². The van der Waals surface area contributed by atoms with Crippen molar-refractivity contribution in [3.8, 4) is 0 Å². The highest BCUT2D eigenvalue weighted by molar-refractivity contribution is 8.02. The SMILES string of the molecule is CCNC(=O)C(COC(=O)O)Sc1nc2ccccc2s1. The number of nitrogens with one attached hydrogen (secondary N) is 1. The van der Waals surface area contributed by atoms with Crippen LogP contribution >= 0.6 is 23.1 Å². The van der Waals surface area contributed by atoms with Crippen LogP contribution in [0.3, 0.4) is 0 Å². The number of rotatable bonds is 6. The zero-order valence-electron chi connectivity index (χ0n) is 11.2. The molecule has 21 heavy (non-hydrogen) atoms. The average molecular weight is 326 g/mol. The summed E-state index contributed by atoms with van der Waals surface area (Å²) in [6, 6.07) is 7.66. The molecule has 1 atom stereocenters. The first kappa shape index (κ1) is 15.6. The van der Waals surface area contributed by atoms with E-state index in [4.69, 9.17) is 5.11 Å². The number of carbonyl (C=O) groups excluding carboxylic acids is 1. The van der Waals surface area contributed by atoms with E-state index >= 15 is 0 Å². The Bertz CT molecular complexity index is 611. The van der Waals surface area contributed by atoms with Crippen molar-refractivity contribution < 1.29 is 19.4 Å². The fourth-order valence-corrected chi connectivity index (χ4v) is 3.85. The number of amides is 1. The van der Waals surface area contributed by atoms with Gasteiger partial charge in [0.25, 0.3) is 0 Å². The number of benzene rings is 1. The van der Waals surface area contributed by atoms with Crippen LogP contribution in [0.25, 0.3) is 10.2 Å². The maximum atomic E-state index is 11.9. The molecule has 1 amide bonds. The number of thioether (sulfide) groups is 1. The van der Waals surface area contributed by atoms with E-state index in [9.17, 15) is 9.59 Å². The van der Waals surface area contributed by atoms with Crippen LogP contribution in [-0.2, 0) is 9.53 Å². The van der Waals surface area contributed by atoms with Crippen molar-refractivity contribution in [3.05, 3.63) is 24.3 Å². The van der Waals surface area contributed by atoms with Crippen LogP contribution in [0.1, 0.15) is 6.92 Å². The lowest BCUT2D eigenvalue weighted by atomic mass is 10.3. The first-order valence-electron chi connectivity index (χ1n) is 6.25. The number of nitrogens with zero attached hydrogens (tertiary/aromatic N) is 1. The molecule has 1 unspecified atom stereocenters. The van der Waals surface area contributed by atoms with Gasteiger partial charge in [-0.25, -0.2) is 9.78 Å². The Balaban J connectivity index is 2.12. The van der Waals surface area contributed by atoms with Gasteiger partial charge in [-0.05, 0) is 19.1 Å². The predicted molar refractivity (Wildman–Crippen MR) is 81.9 cm³/mol. The standard InChI is InChI=1S/C13H14N2O4S2/c1-2-14-11(16)10(7-19-13(17)18)21-12-15-8-5-3-4-6-9(8)20-12/h3-6,10H,2,7H2,1H3,(H,14,16)(H,17,18). The van der Waals surface area contributed by atoms with E-state index in [1.807, 2.05) is 24.3 Å². The number of fused-ring (bicyclic) bond motifs is 1. The molecule has 0 radical (unpaired) electrons. The van der Waals surface area contributed by atoms with Crippen molar-refractivity contribution in [2.24, 2.45) is 0 Å². The lowest BCUT2D eigenvalue weighted by Crippen LogP contribution is -2.35. The highest BCUT2D eigenvalue weighted by Gasteiger charge is 2.23. The van der Waals surface area contributed by atoms with Crippen LogP contribution in [-0.4, -0.2) is 40.6 Å². The molecule has 6 nitrogen and oxygen atoms in total. The summed E-state index contributed by atoms with van der Waals surface area (Å²) >= 11 is 2.68. The first-order valence-corrected chi connectivity index (χ1v) is 7.95. The molecule has 0 aliphatic heterocycles. The van der Waals surface area contributed by atoms with Gasteiger partial charge in [-0.3, -0.25) is 4.79 Å². The minimum atomic E-state index is -1.39. The van der Waals surface area contributed by atoms with Crippen molar-refractivity contribution in [3.63, 3.8) is 0 Å². The third kappa shape index (κ3) is 4.33. The molecule has 2 rings (SSSR count). The quantitative estimate of drug-likeness (QED) is 0.626. The van der Waals surface area contributed by atoms with Crippen molar-refractivity contribution in [2.75, 3.05) is 13.2 Å². The van der Waals surface area contributed by atoms with Gasteiger partial charge in [0.15, 0.2) is 4.34 Å². The Hall–Kier alpha value is -1.80. The molecule has 0 aliphatic rings. The fourth-order valence-electron chi connectivity index (χ4n) is 1.62. The van der Waals surface area contributed by atoms with Gasteiger partial charge in [0, 0.05) is 6.54 Å². The van der Waals surface area contributed by atoms with E-state index in [2.05, 4.69) is 15.0 Å². The molecule has 1 aromatic heterocycles. The van der Waals surface area contributed by atoms with E-state index in [-0.39, 0.29) is 12.5 Å². The Morgan fingerprint density at radius 3 is 2.90 bits per heavy atom. The molecular formula is C13H14N2O4S2. The van der Waals surface area contributed by atoms with Gasteiger partial charge in [0.2, 0.25) is 5.91 Å². The maximum absolute atomic E-state index is 11.9. The van der Waals surface area contributed by atoms with Gasteiger partial charge in [-0.2, -0.15) is 0 Å². The molecule has 0 fully saturated rings. The number of thiazole rings is 1. The summed E-state index contributed by atoms with van der Waals surface area (Å²) in [4.78, 5) is 26.9. The molecule has 0 bridgehead atoms. The minimum Gasteiger partial charge on any atom is -0.450 e. The fraction of sp³-hybridized carbons (Fsp3) is 0.308. The van der Waals surface area contributed by atoms with Crippen molar-refractivity contribution >= 4 is 45.4 Å². The molecule has 2 aromatic rings. The lowest BCUT2D eigenvalue weighted by Gasteiger charge is -2.13. The smallest absolute Gasteiger partial charge is 0.450 e. The number of carbonyl (C=O) groups is 2. The Labute approximate surface area is 129 Å². The molecule has 2 N–H and O–H groups in total. The molecule has 0 aliphatic carbocycles. The first-order chi connectivity index (χ1) is 10.1.